The summed E-state index contributed by atoms with van der Waals surface area (Å²) in [6, 6.07) is 8.34. The highest BCUT2D eigenvalue weighted by Gasteiger charge is 2.48. The number of benzene rings is 2. The van der Waals surface area contributed by atoms with Gasteiger partial charge in [0, 0.05) is 12.1 Å². The molecular formula is C21H20O11. The lowest BCUT2D eigenvalue weighted by Crippen LogP contribution is -2.61. The van der Waals surface area contributed by atoms with E-state index in [1.54, 1.807) is 12.1 Å². The van der Waals surface area contributed by atoms with Crippen LogP contribution in [0.4, 0.5) is 0 Å². The zero-order chi connectivity index (χ0) is 23.2. The predicted octanol–water partition coefficient (Wildman–Crippen LogP) is 0.0753. The predicted molar refractivity (Wildman–Crippen MR) is 103 cm³/mol. The number of ketones is 1. The molecule has 2 unspecified atom stereocenters. The van der Waals surface area contributed by atoms with Crippen molar-refractivity contribution >= 4 is 11.8 Å². The third-order valence-electron chi connectivity index (χ3n) is 5.30. The molecule has 2 heterocycles. The second-order valence-electron chi connectivity index (χ2n) is 7.49. The van der Waals surface area contributed by atoms with Crippen molar-refractivity contribution in [3.8, 4) is 23.0 Å². The van der Waals surface area contributed by atoms with E-state index in [-0.39, 0.29) is 40.8 Å². The van der Waals surface area contributed by atoms with Crippen LogP contribution in [0.25, 0.3) is 0 Å². The molecule has 32 heavy (non-hydrogen) atoms. The third-order valence-corrected chi connectivity index (χ3v) is 5.30. The standard InChI is InChI=1S/C21H20O11/c22-9-5-11(23)15-12(24)7-13(31-14(15)6-9)8-1-3-10(4-2-8)30-21-18(27)16(25)17(26)19(32-21)20(28)29/h1-6,13,16-19,21-23,25-27H,7H2,(H,28,29)/t13?,16-,17-,18+,19-,21?/m0/s1. The summed E-state index contributed by atoms with van der Waals surface area (Å²) in [6.07, 6.45) is -9.40. The van der Waals surface area contributed by atoms with Crippen molar-refractivity contribution in [2.45, 2.75) is 43.2 Å². The summed E-state index contributed by atoms with van der Waals surface area (Å²) >= 11 is 0. The first-order valence-corrected chi connectivity index (χ1v) is 9.60. The second kappa shape index (κ2) is 8.28. The van der Waals surface area contributed by atoms with Crippen molar-refractivity contribution in [3.05, 3.63) is 47.5 Å². The van der Waals surface area contributed by atoms with Crippen LogP contribution in [0, 0.1) is 0 Å². The molecule has 6 N–H and O–H groups in total. The molecule has 0 saturated carbocycles. The van der Waals surface area contributed by atoms with Crippen LogP contribution in [0.15, 0.2) is 36.4 Å². The molecule has 11 heteroatoms. The quantitative estimate of drug-likeness (QED) is 0.372. The number of ether oxygens (including phenoxy) is 3. The molecule has 6 atom stereocenters. The number of phenolic OH excluding ortho intramolecular Hbond substituents is 2. The van der Waals surface area contributed by atoms with Crippen LogP contribution < -0.4 is 9.47 Å². The van der Waals surface area contributed by atoms with E-state index in [2.05, 4.69) is 0 Å². The number of fused-ring (bicyclic) bond motifs is 1. The molecule has 2 aliphatic rings. The van der Waals surface area contributed by atoms with Gasteiger partial charge in [0.1, 0.15) is 53.0 Å². The SMILES string of the molecule is O=C1CC(c2ccc(OC3O[C@H](C(=O)O)[C@@H](O)[C@H](O)[C@H]3O)cc2)Oc2cc(O)cc(O)c21. The Balaban J connectivity index is 1.49. The Labute approximate surface area is 180 Å². The minimum absolute atomic E-state index is 0.00355. The molecule has 0 bridgehead atoms. The average molecular weight is 448 g/mol. The van der Waals surface area contributed by atoms with Gasteiger partial charge in [-0.15, -0.1) is 0 Å². The number of hydrogen-bond acceptors (Lipinski definition) is 10. The maximum absolute atomic E-state index is 12.4. The molecule has 1 fully saturated rings. The Morgan fingerprint density at radius 2 is 1.69 bits per heavy atom. The fraction of sp³-hybridized carbons (Fsp3) is 0.333. The van der Waals surface area contributed by atoms with Crippen molar-refractivity contribution in [2.75, 3.05) is 0 Å². The van der Waals surface area contributed by atoms with Gasteiger partial charge in [0.2, 0.25) is 6.29 Å². The van der Waals surface area contributed by atoms with Gasteiger partial charge in [-0.05, 0) is 17.7 Å². The van der Waals surface area contributed by atoms with Crippen LogP contribution in [-0.4, -0.2) is 73.1 Å². The van der Waals surface area contributed by atoms with Crippen LogP contribution in [-0.2, 0) is 9.53 Å². The number of hydrogen-bond donors (Lipinski definition) is 6. The van der Waals surface area contributed by atoms with Gasteiger partial charge >= 0.3 is 5.97 Å². The van der Waals surface area contributed by atoms with Crippen LogP contribution in [0.5, 0.6) is 23.0 Å². The van der Waals surface area contributed by atoms with E-state index in [9.17, 15) is 35.1 Å². The molecule has 1 saturated heterocycles. The van der Waals surface area contributed by atoms with Gasteiger partial charge in [-0.25, -0.2) is 4.79 Å². The molecule has 0 amide bonds. The summed E-state index contributed by atoms with van der Waals surface area (Å²) < 4.78 is 16.3. The zero-order valence-corrected chi connectivity index (χ0v) is 16.4. The molecule has 0 aliphatic carbocycles. The van der Waals surface area contributed by atoms with E-state index in [4.69, 9.17) is 19.3 Å². The van der Waals surface area contributed by atoms with Crippen LogP contribution in [0.3, 0.4) is 0 Å². The first kappa shape index (κ1) is 21.8. The van der Waals surface area contributed by atoms with E-state index in [1.807, 2.05) is 0 Å². The summed E-state index contributed by atoms with van der Waals surface area (Å²) in [5, 5.41) is 58.3. The van der Waals surface area contributed by atoms with Gasteiger partial charge < -0.3 is 44.8 Å². The van der Waals surface area contributed by atoms with Gasteiger partial charge in [-0.3, -0.25) is 4.79 Å². The van der Waals surface area contributed by atoms with Crippen molar-refractivity contribution in [3.63, 3.8) is 0 Å². The topological polar surface area (TPSA) is 183 Å². The molecule has 0 aromatic heterocycles. The Bertz CT molecular complexity index is 1030. The molecule has 2 aromatic rings. The molecule has 2 aromatic carbocycles. The maximum Gasteiger partial charge on any atom is 0.335 e. The summed E-state index contributed by atoms with van der Waals surface area (Å²) in [5.74, 6) is -2.30. The lowest BCUT2D eigenvalue weighted by atomic mass is 9.95. The highest BCUT2D eigenvalue weighted by atomic mass is 16.7. The first-order valence-electron chi connectivity index (χ1n) is 9.60. The highest BCUT2D eigenvalue weighted by Crippen LogP contribution is 2.41. The molecule has 2 aliphatic heterocycles. The third kappa shape index (κ3) is 3.94. The summed E-state index contributed by atoms with van der Waals surface area (Å²) in [6.45, 7) is 0. The number of Topliss-reactive ketones (excluding diaryl/α,β-unsaturated/α-hetero) is 1. The molecule has 4 rings (SSSR count). The molecule has 0 spiro atoms. The van der Waals surface area contributed by atoms with E-state index in [0.717, 1.165) is 6.07 Å². The zero-order valence-electron chi connectivity index (χ0n) is 16.4. The highest BCUT2D eigenvalue weighted by molar-refractivity contribution is 6.02. The van der Waals surface area contributed by atoms with E-state index in [1.165, 1.54) is 18.2 Å². The number of carbonyl (C=O) groups excluding carboxylic acids is 1. The summed E-state index contributed by atoms with van der Waals surface area (Å²) in [5.41, 5.74) is 0.569. The molecular weight excluding hydrogens is 428 g/mol. The van der Waals surface area contributed by atoms with Gasteiger partial charge in [0.05, 0.1) is 6.42 Å². The Hall–Kier alpha value is -3.38. The Morgan fingerprint density at radius 3 is 2.34 bits per heavy atom. The number of aliphatic hydroxyl groups is 3. The van der Waals surface area contributed by atoms with Crippen molar-refractivity contribution < 1.29 is 54.4 Å². The molecule has 0 radical (unpaired) electrons. The van der Waals surface area contributed by atoms with E-state index >= 15 is 0 Å². The minimum atomic E-state index is -1.83. The van der Waals surface area contributed by atoms with Gasteiger partial charge in [-0.2, -0.15) is 0 Å². The second-order valence-corrected chi connectivity index (χ2v) is 7.49. The number of aliphatic carboxylic acids is 1. The van der Waals surface area contributed by atoms with E-state index < -0.39 is 42.8 Å². The minimum Gasteiger partial charge on any atom is -0.508 e. The number of aromatic hydroxyl groups is 2. The molecule has 11 nitrogen and oxygen atoms in total. The van der Waals surface area contributed by atoms with Gasteiger partial charge in [-0.1, -0.05) is 12.1 Å². The Morgan fingerprint density at radius 1 is 1.00 bits per heavy atom. The monoisotopic (exact) mass is 448 g/mol. The maximum atomic E-state index is 12.4. The van der Waals surface area contributed by atoms with Gasteiger partial charge in [0.15, 0.2) is 11.9 Å². The van der Waals surface area contributed by atoms with E-state index in [0.29, 0.717) is 5.56 Å². The lowest BCUT2D eigenvalue weighted by Gasteiger charge is -2.38. The smallest absolute Gasteiger partial charge is 0.335 e. The summed E-state index contributed by atoms with van der Waals surface area (Å²) in [4.78, 5) is 23.6. The Kier molecular flexibility index (Phi) is 5.65. The fourth-order valence-electron chi connectivity index (χ4n) is 3.66. The lowest BCUT2D eigenvalue weighted by molar-refractivity contribution is -0.271. The average Bonchev–Trinajstić information content (AvgIpc) is 2.73. The number of carboxylic acid groups (broad SMARTS) is 1. The molecule has 170 valence electrons. The largest absolute Gasteiger partial charge is 0.508 e. The van der Waals surface area contributed by atoms with Crippen molar-refractivity contribution in [1.29, 1.82) is 0 Å². The van der Waals surface area contributed by atoms with Gasteiger partial charge in [0.25, 0.3) is 0 Å². The number of phenols is 2. The number of rotatable bonds is 4. The van der Waals surface area contributed by atoms with Crippen LogP contribution in [0.1, 0.15) is 28.4 Å². The van der Waals surface area contributed by atoms with Crippen molar-refractivity contribution in [1.82, 2.24) is 0 Å². The van der Waals surface area contributed by atoms with Crippen LogP contribution >= 0.6 is 0 Å². The fourth-order valence-corrected chi connectivity index (χ4v) is 3.66. The normalized spacial score (nSPS) is 29.7. The number of aliphatic hydroxyl groups excluding tert-OH is 3. The number of carboxylic acids is 1. The first-order chi connectivity index (χ1) is 15.2. The van der Waals surface area contributed by atoms with Crippen LogP contribution in [0.2, 0.25) is 0 Å². The number of carbonyl (C=O) groups is 2. The summed E-state index contributed by atoms with van der Waals surface area (Å²) in [7, 11) is 0. The van der Waals surface area contributed by atoms with Crippen molar-refractivity contribution in [2.24, 2.45) is 0 Å².